The molecule has 1 aliphatic rings. The lowest BCUT2D eigenvalue weighted by Gasteiger charge is -2.11. The molecule has 94 valence electrons. The smallest absolute Gasteiger partial charge is 0.303 e. The minimum atomic E-state index is -0.706. The summed E-state index contributed by atoms with van der Waals surface area (Å²) in [6.45, 7) is 0. The van der Waals surface area contributed by atoms with Gasteiger partial charge in [-0.1, -0.05) is 0 Å². The van der Waals surface area contributed by atoms with Gasteiger partial charge in [0.2, 0.25) is 0 Å². The second kappa shape index (κ2) is 4.31. The van der Waals surface area contributed by atoms with Crippen LogP contribution in [-0.4, -0.2) is 21.8 Å². The van der Waals surface area contributed by atoms with Gasteiger partial charge in [0.1, 0.15) is 10.6 Å². The molecule has 2 aromatic rings. The molecule has 0 saturated heterocycles. The van der Waals surface area contributed by atoms with Crippen molar-refractivity contribution in [3.63, 3.8) is 0 Å². The standard InChI is InChI=1S/C13H13NO3S/c15-11(16)7-13(3-4-13)8-18-12-9-2-6-17-10(9)1-5-14-12/h1-2,5-6H,3-4,7-8H2,(H,15,16). The van der Waals surface area contributed by atoms with Gasteiger partial charge in [-0.05, 0) is 30.4 Å². The van der Waals surface area contributed by atoms with Crippen LogP contribution >= 0.6 is 11.8 Å². The van der Waals surface area contributed by atoms with Gasteiger partial charge < -0.3 is 9.52 Å². The Morgan fingerprint density at radius 1 is 1.50 bits per heavy atom. The molecule has 0 atom stereocenters. The predicted octanol–water partition coefficient (Wildman–Crippen LogP) is 3.17. The third-order valence-corrected chi connectivity index (χ3v) is 4.70. The van der Waals surface area contributed by atoms with E-state index in [1.165, 1.54) is 0 Å². The highest BCUT2D eigenvalue weighted by atomic mass is 32.2. The second-order valence-corrected chi connectivity index (χ2v) is 5.77. The maximum absolute atomic E-state index is 10.8. The monoisotopic (exact) mass is 263 g/mol. The van der Waals surface area contributed by atoms with E-state index in [1.54, 1.807) is 24.2 Å². The average molecular weight is 263 g/mol. The summed E-state index contributed by atoms with van der Waals surface area (Å²) in [4.78, 5) is 15.1. The van der Waals surface area contributed by atoms with E-state index in [2.05, 4.69) is 4.98 Å². The van der Waals surface area contributed by atoms with Crippen molar-refractivity contribution in [3.8, 4) is 0 Å². The van der Waals surface area contributed by atoms with E-state index in [0.717, 1.165) is 34.6 Å². The fourth-order valence-electron chi connectivity index (χ4n) is 2.08. The Morgan fingerprint density at radius 2 is 2.33 bits per heavy atom. The third-order valence-electron chi connectivity index (χ3n) is 3.34. The Bertz CT molecular complexity index is 589. The Morgan fingerprint density at radius 3 is 3.06 bits per heavy atom. The van der Waals surface area contributed by atoms with Crippen LogP contribution in [0.25, 0.3) is 11.0 Å². The summed E-state index contributed by atoms with van der Waals surface area (Å²) in [7, 11) is 0. The van der Waals surface area contributed by atoms with Crippen LogP contribution in [0.3, 0.4) is 0 Å². The first kappa shape index (κ1) is 11.6. The number of carbonyl (C=O) groups is 1. The Hall–Kier alpha value is -1.49. The van der Waals surface area contributed by atoms with Gasteiger partial charge in [-0.2, -0.15) is 0 Å². The van der Waals surface area contributed by atoms with Crippen molar-refractivity contribution >= 4 is 28.7 Å². The summed E-state index contributed by atoms with van der Waals surface area (Å²) in [5.74, 6) is 0.110. The first-order valence-electron chi connectivity index (χ1n) is 5.85. The quantitative estimate of drug-likeness (QED) is 0.839. The van der Waals surface area contributed by atoms with Gasteiger partial charge in [-0.3, -0.25) is 4.79 Å². The van der Waals surface area contributed by atoms with Gasteiger partial charge in [0.25, 0.3) is 0 Å². The Labute approximate surface area is 108 Å². The molecule has 3 rings (SSSR count). The Kier molecular flexibility index (Phi) is 2.78. The number of aliphatic carboxylic acids is 1. The zero-order valence-corrected chi connectivity index (χ0v) is 10.6. The number of nitrogens with zero attached hydrogens (tertiary/aromatic N) is 1. The number of rotatable bonds is 5. The van der Waals surface area contributed by atoms with E-state index in [4.69, 9.17) is 9.52 Å². The summed E-state index contributed by atoms with van der Waals surface area (Å²) < 4.78 is 5.32. The minimum Gasteiger partial charge on any atom is -0.481 e. The molecule has 2 heterocycles. The molecule has 4 nitrogen and oxygen atoms in total. The first-order valence-corrected chi connectivity index (χ1v) is 6.84. The maximum atomic E-state index is 10.8. The fraction of sp³-hybridized carbons (Fsp3) is 0.385. The SMILES string of the molecule is O=C(O)CC1(CSc2nccc3occc23)CC1. The second-order valence-electron chi connectivity index (χ2n) is 4.81. The zero-order valence-electron chi connectivity index (χ0n) is 9.76. The molecule has 0 unspecified atom stereocenters. The molecular formula is C13H13NO3S. The van der Waals surface area contributed by atoms with Crippen LogP contribution < -0.4 is 0 Å². The van der Waals surface area contributed by atoms with Crippen LogP contribution in [0, 0.1) is 5.41 Å². The van der Waals surface area contributed by atoms with Crippen LogP contribution in [0.4, 0.5) is 0 Å². The summed E-state index contributed by atoms with van der Waals surface area (Å²) in [5, 5.41) is 10.8. The number of furan rings is 1. The van der Waals surface area contributed by atoms with Crippen molar-refractivity contribution in [1.82, 2.24) is 4.98 Å². The van der Waals surface area contributed by atoms with E-state index in [1.807, 2.05) is 12.1 Å². The van der Waals surface area contributed by atoms with Crippen molar-refractivity contribution < 1.29 is 14.3 Å². The minimum absolute atomic E-state index is 0.00984. The number of hydrogen-bond acceptors (Lipinski definition) is 4. The highest BCUT2D eigenvalue weighted by Gasteiger charge is 2.44. The number of thioether (sulfide) groups is 1. The van der Waals surface area contributed by atoms with Gasteiger partial charge in [0.15, 0.2) is 0 Å². The van der Waals surface area contributed by atoms with Crippen molar-refractivity contribution in [2.45, 2.75) is 24.3 Å². The fourth-order valence-corrected chi connectivity index (χ4v) is 3.37. The highest BCUT2D eigenvalue weighted by Crippen LogP contribution is 2.52. The lowest BCUT2D eigenvalue weighted by molar-refractivity contribution is -0.138. The van der Waals surface area contributed by atoms with Crippen LogP contribution in [0.1, 0.15) is 19.3 Å². The lowest BCUT2D eigenvalue weighted by atomic mass is 10.1. The molecule has 0 amide bonds. The molecule has 0 aliphatic heterocycles. The van der Waals surface area contributed by atoms with Crippen LogP contribution in [0.5, 0.6) is 0 Å². The third kappa shape index (κ3) is 2.22. The van der Waals surface area contributed by atoms with Crippen molar-refractivity contribution in [2.75, 3.05) is 5.75 Å². The number of hydrogen-bond donors (Lipinski definition) is 1. The Balaban J connectivity index is 1.74. The van der Waals surface area contributed by atoms with Gasteiger partial charge in [0.05, 0.1) is 18.1 Å². The number of carboxylic acids is 1. The summed E-state index contributed by atoms with van der Waals surface area (Å²) in [6, 6.07) is 3.74. The van der Waals surface area contributed by atoms with Gasteiger partial charge in [0, 0.05) is 11.9 Å². The van der Waals surface area contributed by atoms with Gasteiger partial charge >= 0.3 is 5.97 Å². The van der Waals surface area contributed by atoms with Crippen LogP contribution in [0.2, 0.25) is 0 Å². The molecule has 1 saturated carbocycles. The number of fused-ring (bicyclic) bond motifs is 1. The van der Waals surface area contributed by atoms with E-state index >= 15 is 0 Å². The first-order chi connectivity index (χ1) is 8.69. The number of pyridine rings is 1. The molecule has 0 spiro atoms. The summed E-state index contributed by atoms with van der Waals surface area (Å²) in [6.07, 6.45) is 5.66. The largest absolute Gasteiger partial charge is 0.481 e. The summed E-state index contributed by atoms with van der Waals surface area (Å²) in [5.41, 5.74) is 0.819. The van der Waals surface area contributed by atoms with Crippen molar-refractivity contribution in [2.24, 2.45) is 5.41 Å². The number of carboxylic acid groups (broad SMARTS) is 1. The van der Waals surface area contributed by atoms with Crippen LogP contribution in [0.15, 0.2) is 34.0 Å². The maximum Gasteiger partial charge on any atom is 0.303 e. The molecule has 18 heavy (non-hydrogen) atoms. The molecule has 0 bridgehead atoms. The molecule has 2 aromatic heterocycles. The lowest BCUT2D eigenvalue weighted by Crippen LogP contribution is -2.11. The molecule has 1 aliphatic carbocycles. The topological polar surface area (TPSA) is 63.3 Å². The molecule has 1 N–H and O–H groups in total. The van der Waals surface area contributed by atoms with E-state index in [9.17, 15) is 4.79 Å². The van der Waals surface area contributed by atoms with E-state index in [-0.39, 0.29) is 11.8 Å². The van der Waals surface area contributed by atoms with Crippen molar-refractivity contribution in [3.05, 3.63) is 24.6 Å². The number of aromatic nitrogens is 1. The average Bonchev–Trinajstić information content (AvgIpc) is 2.91. The molecular weight excluding hydrogens is 250 g/mol. The molecule has 1 fully saturated rings. The predicted molar refractivity (Wildman–Crippen MR) is 68.7 cm³/mol. The summed E-state index contributed by atoms with van der Waals surface area (Å²) >= 11 is 1.63. The van der Waals surface area contributed by atoms with E-state index < -0.39 is 5.97 Å². The van der Waals surface area contributed by atoms with Gasteiger partial charge in [-0.15, -0.1) is 11.8 Å². The highest BCUT2D eigenvalue weighted by molar-refractivity contribution is 7.99. The molecule has 0 aromatic carbocycles. The zero-order chi connectivity index (χ0) is 12.6. The molecule has 0 radical (unpaired) electrons. The normalized spacial score (nSPS) is 16.9. The van der Waals surface area contributed by atoms with E-state index in [0.29, 0.717) is 0 Å². The molecule has 5 heteroatoms. The van der Waals surface area contributed by atoms with Crippen molar-refractivity contribution in [1.29, 1.82) is 0 Å². The van der Waals surface area contributed by atoms with Gasteiger partial charge in [-0.25, -0.2) is 4.98 Å². The van der Waals surface area contributed by atoms with Crippen LogP contribution in [-0.2, 0) is 4.79 Å².